The third-order valence-corrected chi connectivity index (χ3v) is 2.76. The van der Waals surface area contributed by atoms with E-state index in [-0.39, 0.29) is 6.42 Å². The molecule has 2 bridgehead atoms. The molecule has 4 nitrogen and oxygen atoms in total. The van der Waals surface area contributed by atoms with Crippen LogP contribution in [-0.2, 0) is 9.59 Å². The van der Waals surface area contributed by atoms with Crippen LogP contribution in [-0.4, -0.2) is 22.2 Å². The van der Waals surface area contributed by atoms with E-state index in [1.807, 2.05) is 0 Å². The largest absolute Gasteiger partial charge is 0.481 e. The van der Waals surface area contributed by atoms with E-state index >= 15 is 0 Å². The molecule has 2 N–H and O–H groups in total. The van der Waals surface area contributed by atoms with E-state index < -0.39 is 17.4 Å². The maximum atomic E-state index is 10.7. The SMILES string of the molecule is O=C(O)C1=C2CC(C(=O)O)(C2)C1. The Hall–Kier alpha value is -1.32. The summed E-state index contributed by atoms with van der Waals surface area (Å²) >= 11 is 0. The summed E-state index contributed by atoms with van der Waals surface area (Å²) in [5, 5.41) is 17.4. The lowest BCUT2D eigenvalue weighted by atomic mass is 9.71. The number of fused-ring (bicyclic) bond motifs is 1. The average Bonchev–Trinajstić information content (AvgIpc) is 2.36. The number of aliphatic carboxylic acids is 2. The molecule has 0 aromatic rings. The normalized spacial score (nSPS) is 23.7. The first-order chi connectivity index (χ1) is 5.55. The molecule has 3 rings (SSSR count). The first-order valence-corrected chi connectivity index (χ1v) is 3.73. The molecule has 3 aliphatic carbocycles. The number of hydrogen-bond acceptors (Lipinski definition) is 2. The van der Waals surface area contributed by atoms with Crippen molar-refractivity contribution in [2.45, 2.75) is 19.3 Å². The Morgan fingerprint density at radius 2 is 1.75 bits per heavy atom. The lowest BCUT2D eigenvalue weighted by molar-refractivity contribution is -0.150. The predicted molar refractivity (Wildman–Crippen MR) is 38.6 cm³/mol. The van der Waals surface area contributed by atoms with Gasteiger partial charge in [-0.3, -0.25) is 4.79 Å². The monoisotopic (exact) mass is 168 g/mol. The Balaban J connectivity index is 2.25. The zero-order valence-corrected chi connectivity index (χ0v) is 6.33. The van der Waals surface area contributed by atoms with Crippen LogP contribution in [0.2, 0.25) is 0 Å². The fourth-order valence-electron chi connectivity index (χ4n) is 2.02. The molecule has 0 heterocycles. The van der Waals surface area contributed by atoms with E-state index in [4.69, 9.17) is 10.2 Å². The van der Waals surface area contributed by atoms with Gasteiger partial charge in [-0.05, 0) is 19.3 Å². The molecule has 3 aliphatic rings. The summed E-state index contributed by atoms with van der Waals surface area (Å²) in [6.45, 7) is 0. The molecular weight excluding hydrogens is 160 g/mol. The van der Waals surface area contributed by atoms with Gasteiger partial charge >= 0.3 is 11.9 Å². The molecule has 0 radical (unpaired) electrons. The molecular formula is C8H8O4. The predicted octanol–water partition coefficient (Wildman–Crippen LogP) is 0.636. The van der Waals surface area contributed by atoms with Crippen molar-refractivity contribution in [2.24, 2.45) is 5.41 Å². The van der Waals surface area contributed by atoms with E-state index in [0.717, 1.165) is 5.57 Å². The Labute approximate surface area is 68.5 Å². The third kappa shape index (κ3) is 0.668. The molecule has 0 atom stereocenters. The van der Waals surface area contributed by atoms with Crippen molar-refractivity contribution < 1.29 is 19.8 Å². The summed E-state index contributed by atoms with van der Waals surface area (Å²) in [5.41, 5.74) is 0.408. The van der Waals surface area contributed by atoms with Gasteiger partial charge in [-0.2, -0.15) is 0 Å². The van der Waals surface area contributed by atoms with Gasteiger partial charge in [0.15, 0.2) is 0 Å². The molecule has 4 heteroatoms. The van der Waals surface area contributed by atoms with E-state index in [0.29, 0.717) is 18.4 Å². The number of carboxylic acids is 2. The van der Waals surface area contributed by atoms with E-state index in [1.165, 1.54) is 0 Å². The summed E-state index contributed by atoms with van der Waals surface area (Å²) in [6, 6.07) is 0. The van der Waals surface area contributed by atoms with Gasteiger partial charge in [0.25, 0.3) is 0 Å². The van der Waals surface area contributed by atoms with Crippen molar-refractivity contribution in [3.8, 4) is 0 Å². The topological polar surface area (TPSA) is 74.6 Å². The summed E-state index contributed by atoms with van der Waals surface area (Å²) in [4.78, 5) is 21.3. The highest BCUT2D eigenvalue weighted by Crippen LogP contribution is 2.58. The van der Waals surface area contributed by atoms with Crippen molar-refractivity contribution in [3.05, 3.63) is 11.1 Å². The first-order valence-electron chi connectivity index (χ1n) is 3.73. The number of allylic oxidation sites excluding steroid dienone is 1. The third-order valence-electron chi connectivity index (χ3n) is 2.76. The lowest BCUT2D eigenvalue weighted by Crippen LogP contribution is -2.34. The molecule has 1 saturated carbocycles. The van der Waals surface area contributed by atoms with E-state index in [1.54, 1.807) is 0 Å². The number of carbonyl (C=O) groups is 2. The van der Waals surface area contributed by atoms with Crippen LogP contribution in [0.3, 0.4) is 0 Å². The molecule has 64 valence electrons. The fourth-order valence-corrected chi connectivity index (χ4v) is 2.02. The van der Waals surface area contributed by atoms with Crippen LogP contribution in [0.4, 0.5) is 0 Å². The second kappa shape index (κ2) is 1.88. The van der Waals surface area contributed by atoms with Crippen LogP contribution >= 0.6 is 0 Å². The lowest BCUT2D eigenvalue weighted by Gasteiger charge is -2.31. The minimum absolute atomic E-state index is 0.215. The van der Waals surface area contributed by atoms with Crippen LogP contribution in [0.1, 0.15) is 19.3 Å². The van der Waals surface area contributed by atoms with Gasteiger partial charge in [0.2, 0.25) is 0 Å². The Morgan fingerprint density at radius 3 is 2.00 bits per heavy atom. The summed E-state index contributed by atoms with van der Waals surface area (Å²) in [7, 11) is 0. The van der Waals surface area contributed by atoms with Crippen molar-refractivity contribution in [1.82, 2.24) is 0 Å². The van der Waals surface area contributed by atoms with Gasteiger partial charge in [0, 0.05) is 5.57 Å². The highest BCUT2D eigenvalue weighted by atomic mass is 16.4. The van der Waals surface area contributed by atoms with Gasteiger partial charge in [-0.15, -0.1) is 0 Å². The molecule has 0 spiro atoms. The maximum Gasteiger partial charge on any atom is 0.331 e. The van der Waals surface area contributed by atoms with Crippen molar-refractivity contribution in [2.75, 3.05) is 0 Å². The highest BCUT2D eigenvalue weighted by Gasteiger charge is 2.55. The number of hydrogen-bond donors (Lipinski definition) is 2. The van der Waals surface area contributed by atoms with Crippen molar-refractivity contribution in [1.29, 1.82) is 0 Å². The zero-order chi connectivity index (χ0) is 8.93. The summed E-state index contributed by atoms with van der Waals surface area (Å²) in [6.07, 6.45) is 1.11. The second-order valence-electron chi connectivity index (χ2n) is 3.50. The first kappa shape index (κ1) is 7.34. The smallest absolute Gasteiger partial charge is 0.331 e. The van der Waals surface area contributed by atoms with Crippen LogP contribution < -0.4 is 0 Å². The van der Waals surface area contributed by atoms with Gasteiger partial charge < -0.3 is 10.2 Å². The van der Waals surface area contributed by atoms with Gasteiger partial charge in [-0.25, -0.2) is 4.79 Å². The summed E-state index contributed by atoms with van der Waals surface area (Å²) in [5.74, 6) is -1.81. The van der Waals surface area contributed by atoms with E-state index in [2.05, 4.69) is 0 Å². The van der Waals surface area contributed by atoms with E-state index in [9.17, 15) is 9.59 Å². The molecule has 1 fully saturated rings. The highest BCUT2D eigenvalue weighted by molar-refractivity contribution is 5.94. The standard InChI is InChI=1S/C8H8O4/c9-6(10)5-3-8(7(11)12)1-4(5)2-8/h1-3H2,(H,9,10)(H,11,12). The van der Waals surface area contributed by atoms with Crippen molar-refractivity contribution in [3.63, 3.8) is 0 Å². The van der Waals surface area contributed by atoms with Gasteiger partial charge in [0.05, 0.1) is 5.41 Å². The second-order valence-corrected chi connectivity index (χ2v) is 3.50. The van der Waals surface area contributed by atoms with Gasteiger partial charge in [-0.1, -0.05) is 5.57 Å². The molecule has 0 unspecified atom stereocenters. The van der Waals surface area contributed by atoms with Crippen LogP contribution in [0.15, 0.2) is 11.1 Å². The molecule has 0 aromatic carbocycles. The summed E-state index contributed by atoms with van der Waals surface area (Å²) < 4.78 is 0. The van der Waals surface area contributed by atoms with Crippen molar-refractivity contribution >= 4 is 11.9 Å². The molecule has 0 amide bonds. The van der Waals surface area contributed by atoms with Gasteiger partial charge in [0.1, 0.15) is 0 Å². The maximum absolute atomic E-state index is 10.7. The minimum atomic E-state index is -0.953. The average molecular weight is 168 g/mol. The Kier molecular flexibility index (Phi) is 1.15. The Morgan fingerprint density at radius 1 is 1.17 bits per heavy atom. The Bertz CT molecular complexity index is 305. The molecule has 12 heavy (non-hydrogen) atoms. The molecule has 0 saturated heterocycles. The number of rotatable bonds is 2. The van der Waals surface area contributed by atoms with Crippen LogP contribution in [0.25, 0.3) is 0 Å². The van der Waals surface area contributed by atoms with Crippen LogP contribution in [0.5, 0.6) is 0 Å². The zero-order valence-electron chi connectivity index (χ0n) is 6.33. The number of carboxylic acid groups (broad SMARTS) is 2. The molecule has 0 aliphatic heterocycles. The molecule has 0 aromatic heterocycles. The fraction of sp³-hybridized carbons (Fsp3) is 0.500. The quantitative estimate of drug-likeness (QED) is 0.634. The minimum Gasteiger partial charge on any atom is -0.481 e. The van der Waals surface area contributed by atoms with Crippen LogP contribution in [0, 0.1) is 5.41 Å².